The number of halogens is 1. The van der Waals surface area contributed by atoms with Crippen molar-refractivity contribution in [1.82, 2.24) is 9.97 Å². The smallest absolute Gasteiger partial charge is 0.225 e. The van der Waals surface area contributed by atoms with Crippen LogP contribution < -0.4 is 5.32 Å². The summed E-state index contributed by atoms with van der Waals surface area (Å²) >= 11 is 7.58. The standard InChI is InChI=1S/C12H14ClN3S/c1-4-7(3)14-10-9-6-8(5-2)17-11(9)16-12(13)15-10/h4,6-7H,1,5H2,2-3H3,(H,14,15,16). The first kappa shape index (κ1) is 12.3. The van der Waals surface area contributed by atoms with Crippen LogP contribution >= 0.6 is 22.9 Å². The molecule has 90 valence electrons. The first-order valence-electron chi connectivity index (χ1n) is 5.49. The van der Waals surface area contributed by atoms with Crippen molar-refractivity contribution in [2.75, 3.05) is 5.32 Å². The minimum atomic E-state index is 0.147. The number of fused-ring (bicyclic) bond motifs is 1. The Kier molecular flexibility index (Phi) is 3.64. The van der Waals surface area contributed by atoms with E-state index in [9.17, 15) is 0 Å². The van der Waals surface area contributed by atoms with Gasteiger partial charge in [0.15, 0.2) is 0 Å². The largest absolute Gasteiger partial charge is 0.363 e. The molecule has 0 amide bonds. The van der Waals surface area contributed by atoms with Gasteiger partial charge in [0.25, 0.3) is 0 Å². The molecule has 0 radical (unpaired) electrons. The predicted octanol–water partition coefficient (Wildman–Crippen LogP) is 3.89. The van der Waals surface area contributed by atoms with Gasteiger partial charge in [-0.2, -0.15) is 0 Å². The van der Waals surface area contributed by atoms with E-state index in [-0.39, 0.29) is 11.3 Å². The molecule has 3 nitrogen and oxygen atoms in total. The number of aryl methyl sites for hydroxylation is 1. The van der Waals surface area contributed by atoms with Crippen LogP contribution in [0, 0.1) is 0 Å². The molecule has 0 bridgehead atoms. The lowest BCUT2D eigenvalue weighted by Gasteiger charge is -2.10. The summed E-state index contributed by atoms with van der Waals surface area (Å²) in [6.45, 7) is 7.88. The van der Waals surface area contributed by atoms with Crippen molar-refractivity contribution in [2.45, 2.75) is 26.3 Å². The van der Waals surface area contributed by atoms with Crippen LogP contribution in [0.15, 0.2) is 18.7 Å². The van der Waals surface area contributed by atoms with Gasteiger partial charge in [0.2, 0.25) is 5.28 Å². The molecule has 1 atom stereocenters. The lowest BCUT2D eigenvalue weighted by molar-refractivity contribution is 0.985. The molecule has 2 aromatic heterocycles. The Morgan fingerprint density at radius 1 is 1.59 bits per heavy atom. The second-order valence-corrected chi connectivity index (χ2v) is 5.25. The molecule has 5 heteroatoms. The molecule has 2 aromatic rings. The summed E-state index contributed by atoms with van der Waals surface area (Å²) in [4.78, 5) is 10.7. The number of hydrogen-bond donors (Lipinski definition) is 1. The maximum Gasteiger partial charge on any atom is 0.225 e. The Morgan fingerprint density at radius 3 is 3.00 bits per heavy atom. The Balaban J connectivity index is 2.52. The molecular weight excluding hydrogens is 254 g/mol. The van der Waals surface area contributed by atoms with Crippen LogP contribution in [0.5, 0.6) is 0 Å². The normalized spacial score (nSPS) is 12.6. The number of nitrogens with zero attached hydrogens (tertiary/aromatic N) is 2. The Bertz CT molecular complexity index is 550. The molecule has 0 fully saturated rings. The Hall–Kier alpha value is -1.13. The maximum absolute atomic E-state index is 5.92. The molecule has 17 heavy (non-hydrogen) atoms. The van der Waals surface area contributed by atoms with Crippen LogP contribution in [0.3, 0.4) is 0 Å². The summed E-state index contributed by atoms with van der Waals surface area (Å²) in [7, 11) is 0. The summed E-state index contributed by atoms with van der Waals surface area (Å²) in [5.74, 6) is 0.781. The van der Waals surface area contributed by atoms with Crippen LogP contribution in [0.25, 0.3) is 10.2 Å². The Labute approximate surface area is 110 Å². The first-order valence-corrected chi connectivity index (χ1v) is 6.68. The molecular formula is C12H14ClN3S. The molecule has 1 unspecified atom stereocenters. The second-order valence-electron chi connectivity index (χ2n) is 3.80. The van der Waals surface area contributed by atoms with Crippen LogP contribution in [0.4, 0.5) is 5.82 Å². The zero-order chi connectivity index (χ0) is 12.4. The molecule has 0 saturated heterocycles. The van der Waals surface area contributed by atoms with E-state index in [1.165, 1.54) is 4.88 Å². The van der Waals surface area contributed by atoms with Gasteiger partial charge in [0.05, 0.1) is 5.39 Å². The van der Waals surface area contributed by atoms with E-state index in [4.69, 9.17) is 11.6 Å². The summed E-state index contributed by atoms with van der Waals surface area (Å²) in [5.41, 5.74) is 0. The number of anilines is 1. The van der Waals surface area contributed by atoms with Crippen molar-refractivity contribution in [3.8, 4) is 0 Å². The zero-order valence-electron chi connectivity index (χ0n) is 9.83. The summed E-state index contributed by atoms with van der Waals surface area (Å²) in [6.07, 6.45) is 2.82. The van der Waals surface area contributed by atoms with Gasteiger partial charge in [0, 0.05) is 10.9 Å². The predicted molar refractivity (Wildman–Crippen MR) is 75.1 cm³/mol. The summed E-state index contributed by atoms with van der Waals surface area (Å²) < 4.78 is 0. The molecule has 1 N–H and O–H groups in total. The molecule has 0 saturated carbocycles. The fraction of sp³-hybridized carbons (Fsp3) is 0.333. The third kappa shape index (κ3) is 2.58. The average Bonchev–Trinajstić information content (AvgIpc) is 2.71. The van der Waals surface area contributed by atoms with Gasteiger partial charge in [-0.3, -0.25) is 0 Å². The Morgan fingerprint density at radius 2 is 2.35 bits per heavy atom. The molecule has 2 heterocycles. The van der Waals surface area contributed by atoms with Gasteiger partial charge in [-0.15, -0.1) is 17.9 Å². The number of hydrogen-bond acceptors (Lipinski definition) is 4. The lowest BCUT2D eigenvalue weighted by Crippen LogP contribution is -2.12. The van der Waals surface area contributed by atoms with Crippen molar-refractivity contribution >= 4 is 39.0 Å². The van der Waals surface area contributed by atoms with Crippen LogP contribution in [-0.2, 0) is 6.42 Å². The van der Waals surface area contributed by atoms with E-state index in [2.05, 4.69) is 34.9 Å². The van der Waals surface area contributed by atoms with Gasteiger partial charge in [-0.1, -0.05) is 13.0 Å². The highest BCUT2D eigenvalue weighted by atomic mass is 35.5. The molecule has 0 aliphatic carbocycles. The van der Waals surface area contributed by atoms with Gasteiger partial charge in [0.1, 0.15) is 10.6 Å². The van der Waals surface area contributed by atoms with Gasteiger partial charge >= 0.3 is 0 Å². The number of rotatable bonds is 4. The van der Waals surface area contributed by atoms with Crippen molar-refractivity contribution in [3.63, 3.8) is 0 Å². The van der Waals surface area contributed by atoms with Crippen molar-refractivity contribution in [2.24, 2.45) is 0 Å². The van der Waals surface area contributed by atoms with Crippen LogP contribution in [0.1, 0.15) is 18.7 Å². The average molecular weight is 268 g/mol. The second kappa shape index (κ2) is 5.02. The van der Waals surface area contributed by atoms with Crippen LogP contribution in [-0.4, -0.2) is 16.0 Å². The van der Waals surface area contributed by atoms with E-state index >= 15 is 0 Å². The van der Waals surface area contributed by atoms with E-state index in [0.29, 0.717) is 0 Å². The van der Waals surface area contributed by atoms with Gasteiger partial charge in [-0.05, 0) is 31.0 Å². The highest BCUT2D eigenvalue weighted by Crippen LogP contribution is 2.30. The summed E-state index contributed by atoms with van der Waals surface area (Å²) in [6, 6.07) is 2.27. The van der Waals surface area contributed by atoms with E-state index in [0.717, 1.165) is 22.5 Å². The van der Waals surface area contributed by atoms with E-state index in [1.807, 2.05) is 13.0 Å². The fourth-order valence-corrected chi connectivity index (χ4v) is 2.69. The third-order valence-corrected chi connectivity index (χ3v) is 3.83. The zero-order valence-corrected chi connectivity index (χ0v) is 11.4. The first-order chi connectivity index (χ1) is 8.13. The van der Waals surface area contributed by atoms with Crippen molar-refractivity contribution in [3.05, 3.63) is 28.9 Å². The molecule has 0 aliphatic rings. The number of thiophene rings is 1. The maximum atomic E-state index is 5.92. The monoisotopic (exact) mass is 267 g/mol. The van der Waals surface area contributed by atoms with Gasteiger partial charge in [-0.25, -0.2) is 9.97 Å². The van der Waals surface area contributed by atoms with Crippen LogP contribution in [0.2, 0.25) is 5.28 Å². The summed E-state index contributed by atoms with van der Waals surface area (Å²) in [5, 5.41) is 4.58. The van der Waals surface area contributed by atoms with Crippen molar-refractivity contribution in [1.29, 1.82) is 0 Å². The fourth-order valence-electron chi connectivity index (χ4n) is 1.50. The minimum Gasteiger partial charge on any atom is -0.363 e. The van der Waals surface area contributed by atoms with E-state index < -0.39 is 0 Å². The molecule has 0 aliphatic heterocycles. The third-order valence-electron chi connectivity index (χ3n) is 2.48. The molecule has 0 aromatic carbocycles. The molecule has 0 spiro atoms. The number of aromatic nitrogens is 2. The highest BCUT2D eigenvalue weighted by molar-refractivity contribution is 7.18. The SMILES string of the molecule is C=CC(C)Nc1nc(Cl)nc2sc(CC)cc12. The minimum absolute atomic E-state index is 0.147. The molecule has 2 rings (SSSR count). The van der Waals surface area contributed by atoms with Crippen molar-refractivity contribution < 1.29 is 0 Å². The highest BCUT2D eigenvalue weighted by Gasteiger charge is 2.11. The lowest BCUT2D eigenvalue weighted by atomic mass is 10.3. The quantitative estimate of drug-likeness (QED) is 0.675. The number of nitrogens with one attached hydrogen (secondary N) is 1. The van der Waals surface area contributed by atoms with Gasteiger partial charge < -0.3 is 5.32 Å². The van der Waals surface area contributed by atoms with E-state index in [1.54, 1.807) is 11.3 Å². The topological polar surface area (TPSA) is 37.8 Å².